The third-order valence-corrected chi connectivity index (χ3v) is 3.16. The monoisotopic (exact) mass is 314 g/mol. The van der Waals surface area contributed by atoms with Crippen LogP contribution in [0.25, 0.3) is 10.9 Å². The van der Waals surface area contributed by atoms with Crippen molar-refractivity contribution in [3.05, 3.63) is 33.4 Å². The maximum atomic E-state index is 11.5. The van der Waals surface area contributed by atoms with Gasteiger partial charge < -0.3 is 10.5 Å². The number of benzene rings is 1. The second kappa shape index (κ2) is 4.50. The fourth-order valence-corrected chi connectivity index (χ4v) is 2.43. The highest BCUT2D eigenvalue weighted by atomic mass is 79.9. The molecule has 2 rings (SSSR count). The lowest BCUT2D eigenvalue weighted by atomic mass is 10.1. The number of halogens is 2. The lowest BCUT2D eigenvalue weighted by Crippen LogP contribution is -2.07. The van der Waals surface area contributed by atoms with E-state index in [2.05, 4.69) is 25.7 Å². The fourth-order valence-electron chi connectivity index (χ4n) is 1.52. The third-order valence-electron chi connectivity index (χ3n) is 2.34. The van der Waals surface area contributed by atoms with Crippen LogP contribution >= 0.6 is 27.5 Å². The smallest absolute Gasteiger partial charge is 0.341 e. The van der Waals surface area contributed by atoms with E-state index < -0.39 is 5.97 Å². The minimum absolute atomic E-state index is 0.231. The van der Waals surface area contributed by atoms with Gasteiger partial charge in [0, 0.05) is 21.1 Å². The Labute approximate surface area is 111 Å². The average Bonchev–Trinajstić information content (AvgIpc) is 2.29. The number of nitrogen functional groups attached to an aromatic ring is 1. The highest BCUT2D eigenvalue weighted by Gasteiger charge is 2.15. The Kier molecular flexibility index (Phi) is 3.22. The number of aromatic nitrogens is 1. The minimum Gasteiger partial charge on any atom is -0.465 e. The van der Waals surface area contributed by atoms with Crippen LogP contribution in [0.5, 0.6) is 0 Å². The molecule has 6 heteroatoms. The number of carbonyl (C=O) groups excluding carboxylic acids is 1. The summed E-state index contributed by atoms with van der Waals surface area (Å²) < 4.78 is 5.35. The molecular formula is C11H8BrClN2O2. The van der Waals surface area contributed by atoms with Crippen LogP contribution < -0.4 is 5.73 Å². The first-order valence-corrected chi connectivity index (χ1v) is 5.83. The number of methoxy groups -OCH3 is 1. The number of rotatable bonds is 1. The van der Waals surface area contributed by atoms with Gasteiger partial charge in [0.15, 0.2) is 0 Å². The minimum atomic E-state index is -0.520. The Morgan fingerprint density at radius 1 is 1.53 bits per heavy atom. The van der Waals surface area contributed by atoms with Gasteiger partial charge in [-0.05, 0) is 28.1 Å². The fraction of sp³-hybridized carbons (Fsp3) is 0.0909. The van der Waals surface area contributed by atoms with E-state index in [0.717, 1.165) is 4.47 Å². The largest absolute Gasteiger partial charge is 0.465 e. The first-order chi connectivity index (χ1) is 8.04. The summed E-state index contributed by atoms with van der Waals surface area (Å²) in [4.78, 5) is 15.6. The number of hydrogen-bond donors (Lipinski definition) is 1. The molecule has 4 nitrogen and oxygen atoms in total. The number of esters is 1. The molecule has 1 heterocycles. The molecule has 1 aromatic carbocycles. The number of anilines is 1. The van der Waals surface area contributed by atoms with Crippen LogP contribution in [0.3, 0.4) is 0 Å². The van der Waals surface area contributed by atoms with E-state index in [0.29, 0.717) is 21.6 Å². The van der Waals surface area contributed by atoms with E-state index in [1.165, 1.54) is 13.3 Å². The summed E-state index contributed by atoms with van der Waals surface area (Å²) in [5.41, 5.74) is 7.11. The molecule has 0 saturated heterocycles. The summed E-state index contributed by atoms with van der Waals surface area (Å²) >= 11 is 9.27. The van der Waals surface area contributed by atoms with Gasteiger partial charge in [-0.25, -0.2) is 4.79 Å². The summed E-state index contributed by atoms with van der Waals surface area (Å²) in [5, 5.41) is 1.13. The zero-order valence-electron chi connectivity index (χ0n) is 8.83. The number of pyridine rings is 1. The number of fused-ring (bicyclic) bond motifs is 1. The van der Waals surface area contributed by atoms with Crippen LogP contribution in [-0.2, 0) is 4.74 Å². The van der Waals surface area contributed by atoms with Crippen molar-refractivity contribution in [2.75, 3.05) is 12.8 Å². The second-order valence-electron chi connectivity index (χ2n) is 3.36. The molecule has 17 heavy (non-hydrogen) atoms. The number of nitrogens with zero attached hydrogens (tertiary/aromatic N) is 1. The SMILES string of the molecule is COC(=O)c1cnc2c(Br)cc(Cl)cc2c1N. The van der Waals surface area contributed by atoms with Crippen molar-refractivity contribution in [1.29, 1.82) is 0 Å². The number of hydrogen-bond acceptors (Lipinski definition) is 4. The summed E-state index contributed by atoms with van der Waals surface area (Å²) in [5.74, 6) is -0.520. The van der Waals surface area contributed by atoms with Gasteiger partial charge in [-0.2, -0.15) is 0 Å². The Hall–Kier alpha value is -1.33. The number of ether oxygens (including phenoxy) is 1. The third kappa shape index (κ3) is 2.08. The van der Waals surface area contributed by atoms with E-state index in [1.54, 1.807) is 12.1 Å². The molecule has 0 aliphatic heterocycles. The van der Waals surface area contributed by atoms with Gasteiger partial charge in [0.1, 0.15) is 5.56 Å². The molecule has 0 spiro atoms. The molecule has 88 valence electrons. The van der Waals surface area contributed by atoms with E-state index in [9.17, 15) is 4.79 Å². The lowest BCUT2D eigenvalue weighted by Gasteiger charge is -2.08. The van der Waals surface area contributed by atoms with Crippen molar-refractivity contribution >= 4 is 50.1 Å². The summed E-state index contributed by atoms with van der Waals surface area (Å²) in [7, 11) is 1.29. The van der Waals surface area contributed by atoms with Crippen molar-refractivity contribution < 1.29 is 9.53 Å². The molecule has 0 radical (unpaired) electrons. The van der Waals surface area contributed by atoms with Gasteiger partial charge >= 0.3 is 5.97 Å². The summed E-state index contributed by atoms with van der Waals surface area (Å²) in [6, 6.07) is 3.38. The Morgan fingerprint density at radius 2 is 2.24 bits per heavy atom. The molecule has 0 bridgehead atoms. The van der Waals surface area contributed by atoms with E-state index in [4.69, 9.17) is 17.3 Å². The van der Waals surface area contributed by atoms with Gasteiger partial charge in [-0.3, -0.25) is 4.98 Å². The maximum Gasteiger partial charge on any atom is 0.341 e. The van der Waals surface area contributed by atoms with Gasteiger partial charge in [0.05, 0.1) is 18.3 Å². The molecule has 2 N–H and O–H groups in total. The predicted molar refractivity (Wildman–Crippen MR) is 70.2 cm³/mol. The Balaban J connectivity index is 2.79. The first-order valence-electron chi connectivity index (χ1n) is 4.66. The quantitative estimate of drug-likeness (QED) is 0.822. The van der Waals surface area contributed by atoms with Gasteiger partial charge in [-0.15, -0.1) is 0 Å². The molecule has 0 fully saturated rings. The van der Waals surface area contributed by atoms with Crippen LogP contribution in [0, 0.1) is 0 Å². The average molecular weight is 316 g/mol. The normalized spacial score (nSPS) is 10.5. The zero-order chi connectivity index (χ0) is 12.6. The molecular weight excluding hydrogens is 307 g/mol. The van der Waals surface area contributed by atoms with Crippen molar-refractivity contribution in [2.24, 2.45) is 0 Å². The van der Waals surface area contributed by atoms with Gasteiger partial charge in [0.2, 0.25) is 0 Å². The van der Waals surface area contributed by atoms with E-state index in [-0.39, 0.29) is 5.56 Å². The topological polar surface area (TPSA) is 65.2 Å². The Morgan fingerprint density at radius 3 is 2.88 bits per heavy atom. The maximum absolute atomic E-state index is 11.5. The van der Waals surface area contributed by atoms with Crippen LogP contribution in [0.4, 0.5) is 5.69 Å². The molecule has 0 atom stereocenters. The van der Waals surface area contributed by atoms with Crippen LogP contribution in [0.2, 0.25) is 5.02 Å². The van der Waals surface area contributed by atoms with Gasteiger partial charge in [0.25, 0.3) is 0 Å². The first kappa shape index (κ1) is 12.1. The van der Waals surface area contributed by atoms with E-state index >= 15 is 0 Å². The van der Waals surface area contributed by atoms with Crippen molar-refractivity contribution in [3.63, 3.8) is 0 Å². The van der Waals surface area contributed by atoms with Crippen LogP contribution in [-0.4, -0.2) is 18.1 Å². The molecule has 1 aromatic heterocycles. The number of nitrogens with two attached hydrogens (primary N) is 1. The zero-order valence-corrected chi connectivity index (χ0v) is 11.2. The Bertz CT molecular complexity index is 616. The standard InChI is InChI=1S/C11H8BrClN2O2/c1-17-11(16)7-4-15-10-6(9(7)14)2-5(13)3-8(10)12/h2-4H,1H3,(H2,14,15). The summed E-state index contributed by atoms with van der Waals surface area (Å²) in [6.45, 7) is 0. The molecule has 2 aromatic rings. The molecule has 0 amide bonds. The highest BCUT2D eigenvalue weighted by molar-refractivity contribution is 9.10. The van der Waals surface area contributed by atoms with Crippen molar-refractivity contribution in [2.45, 2.75) is 0 Å². The molecule has 0 aliphatic carbocycles. The molecule has 0 aliphatic rings. The van der Waals surface area contributed by atoms with Crippen molar-refractivity contribution in [3.8, 4) is 0 Å². The van der Waals surface area contributed by atoms with Crippen LogP contribution in [0.1, 0.15) is 10.4 Å². The summed E-state index contributed by atoms with van der Waals surface area (Å²) in [6.07, 6.45) is 1.39. The second-order valence-corrected chi connectivity index (χ2v) is 4.65. The van der Waals surface area contributed by atoms with E-state index in [1.807, 2.05) is 0 Å². The van der Waals surface area contributed by atoms with Crippen molar-refractivity contribution in [1.82, 2.24) is 4.98 Å². The number of carbonyl (C=O) groups is 1. The molecule has 0 saturated carbocycles. The van der Waals surface area contributed by atoms with Crippen LogP contribution in [0.15, 0.2) is 22.8 Å². The predicted octanol–water partition coefficient (Wildman–Crippen LogP) is 3.02. The van der Waals surface area contributed by atoms with Gasteiger partial charge in [-0.1, -0.05) is 11.6 Å². The highest BCUT2D eigenvalue weighted by Crippen LogP contribution is 2.31. The lowest BCUT2D eigenvalue weighted by molar-refractivity contribution is 0.0601. The molecule has 0 unspecified atom stereocenters.